The molecular formula is C16H22ClN3O3. The molecule has 6 nitrogen and oxygen atoms in total. The van der Waals surface area contributed by atoms with E-state index in [9.17, 15) is 9.59 Å². The monoisotopic (exact) mass is 339 g/mol. The molecule has 2 aliphatic rings. The number of primary amides is 1. The third-order valence-corrected chi connectivity index (χ3v) is 4.27. The van der Waals surface area contributed by atoms with Crippen molar-refractivity contribution in [3.05, 3.63) is 29.8 Å². The predicted molar refractivity (Wildman–Crippen MR) is 89.7 cm³/mol. The van der Waals surface area contributed by atoms with Gasteiger partial charge in [-0.25, -0.2) is 0 Å². The third-order valence-electron chi connectivity index (χ3n) is 4.27. The fraction of sp³-hybridized carbons (Fsp3) is 0.500. The summed E-state index contributed by atoms with van der Waals surface area (Å²) >= 11 is 0. The van der Waals surface area contributed by atoms with Crippen LogP contribution in [0.1, 0.15) is 12.0 Å². The van der Waals surface area contributed by atoms with Gasteiger partial charge < -0.3 is 20.7 Å². The number of nitrogens with zero attached hydrogens (tertiary/aromatic N) is 1. The summed E-state index contributed by atoms with van der Waals surface area (Å²) in [6, 6.07) is 7.73. The van der Waals surface area contributed by atoms with Crippen molar-refractivity contribution in [2.75, 3.05) is 31.2 Å². The lowest BCUT2D eigenvalue weighted by Gasteiger charge is -2.34. The lowest BCUT2D eigenvalue weighted by atomic mass is 9.91. The van der Waals surface area contributed by atoms with E-state index in [0.29, 0.717) is 32.6 Å². The molecule has 0 aromatic heterocycles. The lowest BCUT2D eigenvalue weighted by molar-refractivity contribution is -0.122. The second-order valence-electron chi connectivity index (χ2n) is 5.87. The maximum atomic E-state index is 12.7. The van der Waals surface area contributed by atoms with Gasteiger partial charge in [0.25, 0.3) is 0 Å². The molecule has 2 heterocycles. The highest BCUT2D eigenvalue weighted by Crippen LogP contribution is 2.30. The second-order valence-corrected chi connectivity index (χ2v) is 5.87. The fourth-order valence-corrected chi connectivity index (χ4v) is 3.09. The minimum absolute atomic E-state index is 0. The summed E-state index contributed by atoms with van der Waals surface area (Å²) in [4.78, 5) is 25.9. The van der Waals surface area contributed by atoms with Crippen molar-refractivity contribution < 1.29 is 14.3 Å². The molecule has 1 fully saturated rings. The van der Waals surface area contributed by atoms with Crippen LogP contribution in [-0.2, 0) is 20.7 Å². The van der Waals surface area contributed by atoms with Gasteiger partial charge in [0.1, 0.15) is 0 Å². The SMILES string of the molecule is Cl.NC(=O)C1Cc2ccccc2N(C(=O)CC2COCCN2)C1. The van der Waals surface area contributed by atoms with Gasteiger partial charge in [-0.1, -0.05) is 18.2 Å². The Morgan fingerprint density at radius 1 is 1.35 bits per heavy atom. The van der Waals surface area contributed by atoms with E-state index in [1.807, 2.05) is 24.3 Å². The molecule has 7 heteroatoms. The third kappa shape index (κ3) is 4.02. The quantitative estimate of drug-likeness (QED) is 0.838. The molecule has 1 saturated heterocycles. The van der Waals surface area contributed by atoms with Crippen LogP contribution in [0.4, 0.5) is 5.69 Å². The molecule has 2 amide bonds. The van der Waals surface area contributed by atoms with Gasteiger partial charge in [0.2, 0.25) is 11.8 Å². The van der Waals surface area contributed by atoms with Crippen molar-refractivity contribution in [2.45, 2.75) is 18.9 Å². The van der Waals surface area contributed by atoms with E-state index in [2.05, 4.69) is 5.32 Å². The molecule has 0 aliphatic carbocycles. The summed E-state index contributed by atoms with van der Waals surface area (Å²) in [6.45, 7) is 2.35. The van der Waals surface area contributed by atoms with E-state index in [4.69, 9.17) is 10.5 Å². The Kier molecular flexibility index (Phi) is 5.98. The number of anilines is 1. The Morgan fingerprint density at radius 3 is 2.83 bits per heavy atom. The molecule has 2 atom stereocenters. The Bertz CT molecular complexity index is 575. The lowest BCUT2D eigenvalue weighted by Crippen LogP contribution is -2.48. The molecule has 3 N–H and O–H groups in total. The number of benzene rings is 1. The number of morpholine rings is 1. The summed E-state index contributed by atoms with van der Waals surface area (Å²) in [5, 5.41) is 3.28. The number of hydrogen-bond acceptors (Lipinski definition) is 4. The van der Waals surface area contributed by atoms with E-state index in [0.717, 1.165) is 17.8 Å². The van der Waals surface area contributed by atoms with Crippen LogP contribution < -0.4 is 16.0 Å². The van der Waals surface area contributed by atoms with Crippen LogP contribution in [-0.4, -0.2) is 44.2 Å². The second kappa shape index (κ2) is 7.77. The molecule has 2 aliphatic heterocycles. The van der Waals surface area contributed by atoms with Gasteiger partial charge in [-0.3, -0.25) is 9.59 Å². The largest absolute Gasteiger partial charge is 0.378 e. The Balaban J connectivity index is 0.00000192. The zero-order valence-corrected chi connectivity index (χ0v) is 13.7. The first-order valence-corrected chi connectivity index (χ1v) is 7.64. The van der Waals surface area contributed by atoms with Gasteiger partial charge >= 0.3 is 0 Å². The van der Waals surface area contributed by atoms with E-state index in [1.165, 1.54) is 0 Å². The van der Waals surface area contributed by atoms with Gasteiger partial charge in [0, 0.05) is 31.2 Å². The summed E-state index contributed by atoms with van der Waals surface area (Å²) in [7, 11) is 0. The van der Waals surface area contributed by atoms with Gasteiger partial charge in [0.05, 0.1) is 19.1 Å². The topological polar surface area (TPSA) is 84.7 Å². The average Bonchev–Trinajstić information content (AvgIpc) is 2.54. The highest BCUT2D eigenvalue weighted by Gasteiger charge is 2.32. The Hall–Kier alpha value is -1.63. The minimum atomic E-state index is -0.355. The molecule has 126 valence electrons. The van der Waals surface area contributed by atoms with Crippen molar-refractivity contribution in [1.29, 1.82) is 0 Å². The number of para-hydroxylation sites is 1. The van der Waals surface area contributed by atoms with Crippen LogP contribution in [0, 0.1) is 5.92 Å². The number of hydrogen-bond donors (Lipinski definition) is 2. The molecule has 23 heavy (non-hydrogen) atoms. The number of halogens is 1. The molecule has 1 aromatic rings. The van der Waals surface area contributed by atoms with Gasteiger partial charge in [-0.2, -0.15) is 0 Å². The maximum absolute atomic E-state index is 12.7. The Morgan fingerprint density at radius 2 is 2.13 bits per heavy atom. The Labute approximate surface area is 141 Å². The van der Waals surface area contributed by atoms with E-state index in [1.54, 1.807) is 4.90 Å². The zero-order valence-electron chi connectivity index (χ0n) is 12.9. The molecule has 3 rings (SSSR count). The summed E-state index contributed by atoms with van der Waals surface area (Å²) in [5.74, 6) is -0.678. The number of carbonyl (C=O) groups excluding carboxylic acids is 2. The minimum Gasteiger partial charge on any atom is -0.378 e. The van der Waals surface area contributed by atoms with E-state index in [-0.39, 0.29) is 36.2 Å². The number of nitrogens with one attached hydrogen (secondary N) is 1. The molecular weight excluding hydrogens is 318 g/mol. The molecule has 0 spiro atoms. The number of amides is 2. The zero-order chi connectivity index (χ0) is 15.5. The average molecular weight is 340 g/mol. The van der Waals surface area contributed by atoms with Crippen molar-refractivity contribution >= 4 is 29.9 Å². The number of ether oxygens (including phenoxy) is 1. The van der Waals surface area contributed by atoms with Crippen LogP contribution in [0.5, 0.6) is 0 Å². The molecule has 1 aromatic carbocycles. The predicted octanol–water partition coefficient (Wildman–Crippen LogP) is 0.478. The van der Waals surface area contributed by atoms with E-state index >= 15 is 0 Å². The summed E-state index contributed by atoms with van der Waals surface area (Å²) in [6.07, 6.45) is 0.958. The molecule has 0 bridgehead atoms. The van der Waals surface area contributed by atoms with Crippen LogP contribution in [0.3, 0.4) is 0 Å². The van der Waals surface area contributed by atoms with E-state index < -0.39 is 0 Å². The van der Waals surface area contributed by atoms with Crippen LogP contribution in [0.25, 0.3) is 0 Å². The smallest absolute Gasteiger partial charge is 0.228 e. The number of fused-ring (bicyclic) bond motifs is 1. The fourth-order valence-electron chi connectivity index (χ4n) is 3.09. The van der Waals surface area contributed by atoms with Gasteiger partial charge in [0.15, 0.2) is 0 Å². The molecule has 0 radical (unpaired) electrons. The summed E-state index contributed by atoms with van der Waals surface area (Å²) < 4.78 is 5.39. The molecule has 0 saturated carbocycles. The van der Waals surface area contributed by atoms with Crippen LogP contribution in [0.2, 0.25) is 0 Å². The van der Waals surface area contributed by atoms with Crippen molar-refractivity contribution in [1.82, 2.24) is 5.32 Å². The highest BCUT2D eigenvalue weighted by molar-refractivity contribution is 5.96. The number of rotatable bonds is 3. The van der Waals surface area contributed by atoms with Crippen molar-refractivity contribution in [2.24, 2.45) is 11.7 Å². The number of nitrogens with two attached hydrogens (primary N) is 1. The van der Waals surface area contributed by atoms with Crippen molar-refractivity contribution in [3.63, 3.8) is 0 Å². The first kappa shape index (κ1) is 17.7. The molecule has 2 unspecified atom stereocenters. The van der Waals surface area contributed by atoms with Gasteiger partial charge in [-0.15, -0.1) is 12.4 Å². The van der Waals surface area contributed by atoms with Gasteiger partial charge in [-0.05, 0) is 18.1 Å². The van der Waals surface area contributed by atoms with Crippen molar-refractivity contribution in [3.8, 4) is 0 Å². The van der Waals surface area contributed by atoms with Crippen LogP contribution >= 0.6 is 12.4 Å². The first-order valence-electron chi connectivity index (χ1n) is 7.64. The standard InChI is InChI=1S/C16H21N3O3.ClH/c17-16(21)12-7-11-3-1-2-4-14(11)19(9-12)15(20)8-13-10-22-6-5-18-13;/h1-4,12-13,18H,5-10H2,(H2,17,21);1H. The number of carbonyl (C=O) groups is 2. The van der Waals surface area contributed by atoms with Crippen LogP contribution in [0.15, 0.2) is 24.3 Å². The highest BCUT2D eigenvalue weighted by atomic mass is 35.5. The summed E-state index contributed by atoms with van der Waals surface area (Å²) in [5.41, 5.74) is 7.35. The first-order chi connectivity index (χ1) is 10.6. The normalized spacial score (nSPS) is 23.6. The maximum Gasteiger partial charge on any atom is 0.228 e.